The van der Waals surface area contributed by atoms with E-state index in [2.05, 4.69) is 28.0 Å². The Morgan fingerprint density at radius 1 is 1.40 bits per heavy atom. The molecule has 2 N–H and O–H groups in total. The van der Waals surface area contributed by atoms with Crippen LogP contribution < -0.4 is 5.73 Å². The standard InChI is InChI=1S/C11H12BrN3/c1-2-9-7-11(13)14-15(9)10-5-3-4-8(12)6-10/h3-7H,2H2,1H3,(H2,13,14). The van der Waals surface area contributed by atoms with Gasteiger partial charge in [0, 0.05) is 16.2 Å². The van der Waals surface area contributed by atoms with Gasteiger partial charge in [-0.1, -0.05) is 28.9 Å². The van der Waals surface area contributed by atoms with Gasteiger partial charge in [0.1, 0.15) is 5.82 Å². The summed E-state index contributed by atoms with van der Waals surface area (Å²) in [6.07, 6.45) is 0.913. The van der Waals surface area contributed by atoms with Gasteiger partial charge in [0.2, 0.25) is 0 Å². The number of halogens is 1. The van der Waals surface area contributed by atoms with Crippen LogP contribution in [-0.2, 0) is 6.42 Å². The highest BCUT2D eigenvalue weighted by Crippen LogP contribution is 2.18. The van der Waals surface area contributed by atoms with E-state index in [4.69, 9.17) is 5.73 Å². The Morgan fingerprint density at radius 3 is 2.87 bits per heavy atom. The number of nitrogens with zero attached hydrogens (tertiary/aromatic N) is 2. The smallest absolute Gasteiger partial charge is 0.146 e. The molecule has 2 rings (SSSR count). The van der Waals surface area contributed by atoms with Gasteiger partial charge in [0.05, 0.1) is 5.69 Å². The molecule has 2 aromatic rings. The molecule has 15 heavy (non-hydrogen) atoms. The molecule has 0 aliphatic rings. The lowest BCUT2D eigenvalue weighted by atomic mass is 10.3. The van der Waals surface area contributed by atoms with Crippen molar-refractivity contribution in [1.82, 2.24) is 9.78 Å². The third-order valence-corrected chi connectivity index (χ3v) is 2.71. The minimum absolute atomic E-state index is 0.562. The van der Waals surface area contributed by atoms with Crippen LogP contribution >= 0.6 is 15.9 Å². The van der Waals surface area contributed by atoms with E-state index in [0.29, 0.717) is 5.82 Å². The number of benzene rings is 1. The Morgan fingerprint density at radius 2 is 2.20 bits per heavy atom. The largest absolute Gasteiger partial charge is 0.382 e. The van der Waals surface area contributed by atoms with E-state index < -0.39 is 0 Å². The van der Waals surface area contributed by atoms with E-state index in [9.17, 15) is 0 Å². The molecule has 0 aliphatic carbocycles. The van der Waals surface area contributed by atoms with Gasteiger partial charge in [0.15, 0.2) is 0 Å². The van der Waals surface area contributed by atoms with Gasteiger partial charge in [-0.15, -0.1) is 0 Å². The molecule has 0 unspecified atom stereocenters. The van der Waals surface area contributed by atoms with E-state index in [1.807, 2.05) is 35.0 Å². The van der Waals surface area contributed by atoms with Gasteiger partial charge in [0.25, 0.3) is 0 Å². The number of hydrogen-bond acceptors (Lipinski definition) is 2. The fourth-order valence-corrected chi connectivity index (χ4v) is 1.91. The van der Waals surface area contributed by atoms with Crippen molar-refractivity contribution in [1.29, 1.82) is 0 Å². The summed E-state index contributed by atoms with van der Waals surface area (Å²) in [5.74, 6) is 0.562. The summed E-state index contributed by atoms with van der Waals surface area (Å²) < 4.78 is 2.91. The molecule has 4 heteroatoms. The second-order valence-corrected chi connectivity index (χ2v) is 4.22. The Bertz CT molecular complexity index is 476. The first kappa shape index (κ1) is 10.2. The zero-order valence-electron chi connectivity index (χ0n) is 8.44. The summed E-state index contributed by atoms with van der Waals surface area (Å²) in [7, 11) is 0. The maximum Gasteiger partial charge on any atom is 0.146 e. The molecule has 0 atom stereocenters. The maximum absolute atomic E-state index is 5.69. The second-order valence-electron chi connectivity index (χ2n) is 3.31. The molecule has 1 heterocycles. The zero-order chi connectivity index (χ0) is 10.8. The highest BCUT2D eigenvalue weighted by atomic mass is 79.9. The quantitative estimate of drug-likeness (QED) is 0.908. The molecule has 0 saturated heterocycles. The van der Waals surface area contributed by atoms with E-state index in [0.717, 1.165) is 22.3 Å². The van der Waals surface area contributed by atoms with Gasteiger partial charge in [-0.25, -0.2) is 4.68 Å². The lowest BCUT2D eigenvalue weighted by Gasteiger charge is -2.05. The lowest BCUT2D eigenvalue weighted by molar-refractivity contribution is 0.817. The highest BCUT2D eigenvalue weighted by Gasteiger charge is 2.05. The van der Waals surface area contributed by atoms with Gasteiger partial charge >= 0.3 is 0 Å². The number of nitrogens with two attached hydrogens (primary N) is 1. The van der Waals surface area contributed by atoms with Crippen molar-refractivity contribution >= 4 is 21.7 Å². The van der Waals surface area contributed by atoms with Crippen molar-refractivity contribution in [3.63, 3.8) is 0 Å². The van der Waals surface area contributed by atoms with Crippen LogP contribution in [0.5, 0.6) is 0 Å². The number of nitrogen functional groups attached to an aromatic ring is 1. The first-order valence-corrected chi connectivity index (χ1v) is 5.60. The fourth-order valence-electron chi connectivity index (χ4n) is 1.52. The molecule has 0 saturated carbocycles. The SMILES string of the molecule is CCc1cc(N)nn1-c1cccc(Br)c1. The predicted octanol–water partition coefficient (Wildman–Crippen LogP) is 2.78. The van der Waals surface area contributed by atoms with Crippen LogP contribution in [0.1, 0.15) is 12.6 Å². The summed E-state index contributed by atoms with van der Waals surface area (Å²) >= 11 is 3.44. The molecule has 3 nitrogen and oxygen atoms in total. The molecule has 0 bridgehead atoms. The molecule has 0 amide bonds. The van der Waals surface area contributed by atoms with Crippen molar-refractivity contribution in [3.05, 3.63) is 40.5 Å². The topological polar surface area (TPSA) is 43.8 Å². The predicted molar refractivity (Wildman–Crippen MR) is 65.1 cm³/mol. The van der Waals surface area contributed by atoms with E-state index in [1.165, 1.54) is 0 Å². The third-order valence-electron chi connectivity index (χ3n) is 2.22. The molecular weight excluding hydrogens is 254 g/mol. The van der Waals surface area contributed by atoms with Crippen LogP contribution in [0.25, 0.3) is 5.69 Å². The van der Waals surface area contributed by atoms with Crippen molar-refractivity contribution in [2.24, 2.45) is 0 Å². The van der Waals surface area contributed by atoms with Crippen LogP contribution in [0.3, 0.4) is 0 Å². The van der Waals surface area contributed by atoms with Gasteiger partial charge < -0.3 is 5.73 Å². The zero-order valence-corrected chi connectivity index (χ0v) is 10.0. The number of rotatable bonds is 2. The Balaban J connectivity index is 2.53. The number of aromatic nitrogens is 2. The normalized spacial score (nSPS) is 10.5. The number of aryl methyl sites for hydroxylation is 1. The minimum Gasteiger partial charge on any atom is -0.382 e. The van der Waals surface area contributed by atoms with Crippen LogP contribution in [0.15, 0.2) is 34.8 Å². The molecule has 0 fully saturated rings. The highest BCUT2D eigenvalue weighted by molar-refractivity contribution is 9.10. The number of hydrogen-bond donors (Lipinski definition) is 1. The van der Waals surface area contributed by atoms with Crippen LogP contribution in [0.2, 0.25) is 0 Å². The van der Waals surface area contributed by atoms with Crippen molar-refractivity contribution in [2.45, 2.75) is 13.3 Å². The lowest BCUT2D eigenvalue weighted by Crippen LogP contribution is -2.01. The molecule has 0 aliphatic heterocycles. The Kier molecular flexibility index (Phi) is 2.77. The first-order chi connectivity index (χ1) is 7.20. The van der Waals surface area contributed by atoms with E-state index in [-0.39, 0.29) is 0 Å². The van der Waals surface area contributed by atoms with Crippen molar-refractivity contribution < 1.29 is 0 Å². The average molecular weight is 266 g/mol. The summed E-state index contributed by atoms with van der Waals surface area (Å²) in [5, 5.41) is 4.27. The Hall–Kier alpha value is -1.29. The minimum atomic E-state index is 0.562. The monoisotopic (exact) mass is 265 g/mol. The molecule has 1 aromatic heterocycles. The summed E-state index contributed by atoms with van der Waals surface area (Å²) in [4.78, 5) is 0. The van der Waals surface area contributed by atoms with Crippen molar-refractivity contribution in [2.75, 3.05) is 5.73 Å². The molecule has 1 aromatic carbocycles. The van der Waals surface area contributed by atoms with Crippen LogP contribution in [0, 0.1) is 0 Å². The van der Waals surface area contributed by atoms with Gasteiger partial charge in [-0.3, -0.25) is 0 Å². The average Bonchev–Trinajstić information content (AvgIpc) is 2.59. The molecule has 78 valence electrons. The maximum atomic E-state index is 5.69. The Labute approximate surface area is 97.0 Å². The molecule has 0 spiro atoms. The van der Waals surface area contributed by atoms with E-state index in [1.54, 1.807) is 0 Å². The van der Waals surface area contributed by atoms with Crippen molar-refractivity contribution in [3.8, 4) is 5.69 Å². The summed E-state index contributed by atoms with van der Waals surface area (Å²) in [6, 6.07) is 9.90. The summed E-state index contributed by atoms with van der Waals surface area (Å²) in [5.41, 5.74) is 7.83. The molecule has 0 radical (unpaired) electrons. The van der Waals surface area contributed by atoms with Gasteiger partial charge in [-0.2, -0.15) is 5.10 Å². The third kappa shape index (κ3) is 2.04. The van der Waals surface area contributed by atoms with Gasteiger partial charge in [-0.05, 0) is 24.6 Å². The summed E-state index contributed by atoms with van der Waals surface area (Å²) in [6.45, 7) is 2.09. The number of anilines is 1. The van der Waals surface area contributed by atoms with E-state index >= 15 is 0 Å². The fraction of sp³-hybridized carbons (Fsp3) is 0.182. The second kappa shape index (κ2) is 4.06. The first-order valence-electron chi connectivity index (χ1n) is 4.81. The van der Waals surface area contributed by atoms with Crippen LogP contribution in [-0.4, -0.2) is 9.78 Å². The van der Waals surface area contributed by atoms with Crippen LogP contribution in [0.4, 0.5) is 5.82 Å². The molecular formula is C11H12BrN3.